The molecule has 0 saturated carbocycles. The Labute approximate surface area is 246 Å². The number of urea groups is 1. The zero-order chi connectivity index (χ0) is 30.5. The van der Waals surface area contributed by atoms with Gasteiger partial charge in [0.2, 0.25) is 10.0 Å². The van der Waals surface area contributed by atoms with Crippen LogP contribution in [0.25, 0.3) is 0 Å². The normalized spacial score (nSPS) is 16.0. The van der Waals surface area contributed by atoms with Crippen LogP contribution in [-0.4, -0.2) is 79.0 Å². The number of aliphatic hydroxyl groups is 2. The number of nitrogens with zero attached hydrogens (tertiary/aromatic N) is 3. The highest BCUT2D eigenvalue weighted by atomic mass is 35.5. The Balaban J connectivity index is 1.61. The van der Waals surface area contributed by atoms with Gasteiger partial charge in [-0.15, -0.1) is 0 Å². The maximum absolute atomic E-state index is 13.6. The lowest BCUT2D eigenvalue weighted by molar-refractivity contribution is -0.137. The van der Waals surface area contributed by atoms with Gasteiger partial charge in [0.15, 0.2) is 0 Å². The molecule has 3 aromatic rings. The third kappa shape index (κ3) is 7.53. The molecule has 14 heteroatoms. The molecule has 4 rings (SSSR count). The minimum Gasteiger partial charge on any atom is -0.457 e. The number of sulfonamides is 1. The second kappa shape index (κ2) is 13.3. The minimum absolute atomic E-state index is 0.0707. The fourth-order valence-electron chi connectivity index (χ4n) is 4.59. The molecule has 0 radical (unpaired) electrons. The van der Waals surface area contributed by atoms with Crippen LogP contribution in [0.3, 0.4) is 0 Å². The van der Waals surface area contributed by atoms with Gasteiger partial charge in [-0.05, 0) is 66.2 Å². The molecule has 1 aliphatic heterocycles. The monoisotopic (exact) mass is 627 g/mol. The largest absolute Gasteiger partial charge is 0.457 e. The summed E-state index contributed by atoms with van der Waals surface area (Å²) in [6.45, 7) is -1.67. The van der Waals surface area contributed by atoms with Crippen LogP contribution in [0.4, 0.5) is 23.7 Å². The van der Waals surface area contributed by atoms with Crippen LogP contribution in [0.5, 0.6) is 11.5 Å². The topological polar surface area (TPSA) is 111 Å². The fourth-order valence-corrected chi connectivity index (χ4v) is 6.14. The first-order valence-corrected chi connectivity index (χ1v) is 14.9. The molecular formula is C28H29ClF3N3O6S. The SMILES string of the molecule is O=C1N(CCS(=O)(=O)N(CCO)CCO)CC(c2cccc(C(F)(F)F)c2)N1c1ccc(Oc2ccc(Cl)cc2)cc1. The summed E-state index contributed by atoms with van der Waals surface area (Å²) in [6.07, 6.45) is -4.60. The number of amides is 2. The minimum atomic E-state index is -4.60. The van der Waals surface area contributed by atoms with E-state index < -0.39 is 52.8 Å². The molecule has 1 unspecified atom stereocenters. The molecule has 1 heterocycles. The van der Waals surface area contributed by atoms with Crippen LogP contribution in [-0.2, 0) is 16.2 Å². The van der Waals surface area contributed by atoms with E-state index in [4.69, 9.17) is 16.3 Å². The molecular weight excluding hydrogens is 599 g/mol. The van der Waals surface area contributed by atoms with Crippen molar-refractivity contribution in [2.45, 2.75) is 12.2 Å². The van der Waals surface area contributed by atoms with Gasteiger partial charge in [-0.3, -0.25) is 4.90 Å². The molecule has 1 atom stereocenters. The van der Waals surface area contributed by atoms with E-state index in [-0.39, 0.29) is 31.7 Å². The Morgan fingerprint density at radius 3 is 2.12 bits per heavy atom. The van der Waals surface area contributed by atoms with Gasteiger partial charge in [0.05, 0.1) is 30.6 Å². The first-order chi connectivity index (χ1) is 19.9. The van der Waals surface area contributed by atoms with Gasteiger partial charge in [0.1, 0.15) is 11.5 Å². The van der Waals surface area contributed by atoms with E-state index in [9.17, 15) is 36.6 Å². The van der Waals surface area contributed by atoms with Crippen molar-refractivity contribution in [1.29, 1.82) is 0 Å². The Hall–Kier alpha value is -3.36. The third-order valence-electron chi connectivity index (χ3n) is 6.66. The molecule has 0 aromatic heterocycles. The number of ether oxygens (including phenoxy) is 1. The number of benzene rings is 3. The average Bonchev–Trinajstić information content (AvgIpc) is 3.29. The Bertz CT molecular complexity index is 1470. The van der Waals surface area contributed by atoms with E-state index >= 15 is 0 Å². The van der Waals surface area contributed by atoms with Crippen LogP contribution in [0.1, 0.15) is 17.2 Å². The van der Waals surface area contributed by atoms with Gasteiger partial charge in [0, 0.05) is 36.9 Å². The quantitative estimate of drug-likeness (QED) is 0.300. The average molecular weight is 628 g/mol. The van der Waals surface area contributed by atoms with E-state index in [0.29, 0.717) is 22.2 Å². The van der Waals surface area contributed by atoms with Crippen molar-refractivity contribution >= 4 is 33.3 Å². The van der Waals surface area contributed by atoms with Gasteiger partial charge in [-0.2, -0.15) is 17.5 Å². The molecule has 1 saturated heterocycles. The van der Waals surface area contributed by atoms with E-state index in [1.807, 2.05) is 0 Å². The van der Waals surface area contributed by atoms with E-state index in [0.717, 1.165) is 16.4 Å². The molecule has 1 fully saturated rings. The molecule has 1 aliphatic rings. The summed E-state index contributed by atoms with van der Waals surface area (Å²) in [6, 6.07) is 16.3. The van der Waals surface area contributed by atoms with Crippen LogP contribution < -0.4 is 9.64 Å². The predicted octanol–water partition coefficient (Wildman–Crippen LogP) is 4.75. The van der Waals surface area contributed by atoms with Crippen molar-refractivity contribution in [3.63, 3.8) is 0 Å². The van der Waals surface area contributed by atoms with E-state index in [2.05, 4.69) is 0 Å². The second-order valence-electron chi connectivity index (χ2n) is 9.45. The highest BCUT2D eigenvalue weighted by molar-refractivity contribution is 7.89. The summed E-state index contributed by atoms with van der Waals surface area (Å²) < 4.78 is 72.9. The molecule has 42 heavy (non-hydrogen) atoms. The summed E-state index contributed by atoms with van der Waals surface area (Å²) in [7, 11) is -3.96. The van der Waals surface area contributed by atoms with E-state index in [1.54, 1.807) is 48.5 Å². The molecule has 226 valence electrons. The van der Waals surface area contributed by atoms with Crippen LogP contribution in [0, 0.1) is 0 Å². The Morgan fingerprint density at radius 1 is 0.952 bits per heavy atom. The van der Waals surface area contributed by atoms with Crippen molar-refractivity contribution in [2.75, 3.05) is 50.0 Å². The number of anilines is 1. The molecule has 2 amide bonds. The summed E-state index contributed by atoms with van der Waals surface area (Å²) in [5.41, 5.74) is -0.269. The highest BCUT2D eigenvalue weighted by Gasteiger charge is 2.41. The van der Waals surface area contributed by atoms with Crippen molar-refractivity contribution < 1.29 is 41.3 Å². The number of hydrogen-bond donors (Lipinski definition) is 2. The number of alkyl halides is 3. The molecule has 3 aromatic carbocycles. The van der Waals surface area contributed by atoms with Gasteiger partial charge in [-0.25, -0.2) is 13.2 Å². The fraction of sp³-hybridized carbons (Fsp3) is 0.321. The third-order valence-corrected chi connectivity index (χ3v) is 8.76. The number of halogens is 4. The predicted molar refractivity (Wildman–Crippen MR) is 151 cm³/mol. The van der Waals surface area contributed by atoms with Crippen LogP contribution in [0.15, 0.2) is 72.8 Å². The summed E-state index contributed by atoms with van der Waals surface area (Å²) >= 11 is 5.91. The maximum Gasteiger partial charge on any atom is 0.416 e. The molecule has 0 bridgehead atoms. The zero-order valence-electron chi connectivity index (χ0n) is 22.2. The lowest BCUT2D eigenvalue weighted by Crippen LogP contribution is -2.41. The van der Waals surface area contributed by atoms with Gasteiger partial charge in [0.25, 0.3) is 0 Å². The smallest absolute Gasteiger partial charge is 0.416 e. The Morgan fingerprint density at radius 2 is 1.55 bits per heavy atom. The standard InChI is InChI=1S/C28H29ClF3N3O6S/c29-22-4-8-24(9-5-22)41-25-10-6-23(7-11-25)35-26(20-2-1-3-21(18-20)28(30,31)32)19-33(27(35)38)14-17-42(39,40)34(12-15-36)13-16-37/h1-11,18,26,36-37H,12-17,19H2. The first-order valence-electron chi connectivity index (χ1n) is 12.9. The number of carbonyl (C=O) groups is 1. The molecule has 2 N–H and O–H groups in total. The van der Waals surface area contributed by atoms with Crippen molar-refractivity contribution in [2.24, 2.45) is 0 Å². The van der Waals surface area contributed by atoms with Crippen LogP contribution in [0.2, 0.25) is 5.02 Å². The van der Waals surface area contributed by atoms with E-state index in [1.165, 1.54) is 21.9 Å². The molecule has 0 aliphatic carbocycles. The summed E-state index contributed by atoms with van der Waals surface area (Å²) in [4.78, 5) is 16.2. The lowest BCUT2D eigenvalue weighted by Gasteiger charge is -2.24. The van der Waals surface area contributed by atoms with Crippen molar-refractivity contribution in [3.8, 4) is 11.5 Å². The molecule has 9 nitrogen and oxygen atoms in total. The van der Waals surface area contributed by atoms with Gasteiger partial charge < -0.3 is 19.8 Å². The lowest BCUT2D eigenvalue weighted by atomic mass is 10.0. The summed E-state index contributed by atoms with van der Waals surface area (Å²) in [5, 5.41) is 19.0. The number of rotatable bonds is 12. The number of carbonyl (C=O) groups excluding carboxylic acids is 1. The molecule has 0 spiro atoms. The maximum atomic E-state index is 13.6. The highest BCUT2D eigenvalue weighted by Crippen LogP contribution is 2.38. The van der Waals surface area contributed by atoms with Gasteiger partial charge in [-0.1, -0.05) is 23.7 Å². The van der Waals surface area contributed by atoms with Crippen LogP contribution >= 0.6 is 11.6 Å². The van der Waals surface area contributed by atoms with Gasteiger partial charge >= 0.3 is 12.2 Å². The van der Waals surface area contributed by atoms with Crippen molar-refractivity contribution in [3.05, 3.63) is 88.9 Å². The van der Waals surface area contributed by atoms with Crippen molar-refractivity contribution in [1.82, 2.24) is 9.21 Å². The first kappa shape index (κ1) is 31.6. The zero-order valence-corrected chi connectivity index (χ0v) is 23.8. The number of hydrogen-bond acceptors (Lipinski definition) is 6. The number of aliphatic hydroxyl groups excluding tert-OH is 2. The second-order valence-corrected chi connectivity index (χ2v) is 12.0. The Kier molecular flexibility index (Phi) is 10.00. The summed E-state index contributed by atoms with van der Waals surface area (Å²) in [5.74, 6) is 0.463.